The molecular formula is C20H24N6O2S. The minimum atomic E-state index is -0.0966. The number of thioether (sulfide) groups is 1. The Morgan fingerprint density at radius 2 is 1.83 bits per heavy atom. The minimum Gasteiger partial charge on any atom is -0.497 e. The number of anilines is 1. The fourth-order valence-corrected chi connectivity index (χ4v) is 3.29. The number of amides is 1. The second kappa shape index (κ2) is 9.33. The standard InChI is InChI=1S/C20H24N6O2S/c1-25(2)16-8-4-14(5-9-16)12-22-18(27)13-29-20-24-23-19(26(20)21)15-6-10-17(28-3)11-7-15/h4-11H,12-13,21H2,1-3H3,(H,22,27). The molecule has 0 spiro atoms. The lowest BCUT2D eigenvalue weighted by molar-refractivity contribution is -0.118. The smallest absolute Gasteiger partial charge is 0.230 e. The summed E-state index contributed by atoms with van der Waals surface area (Å²) in [5.41, 5.74) is 2.97. The van der Waals surface area contributed by atoms with Crippen LogP contribution in [0.2, 0.25) is 0 Å². The molecule has 0 bridgehead atoms. The number of rotatable bonds is 8. The lowest BCUT2D eigenvalue weighted by Crippen LogP contribution is -2.25. The Bertz CT molecular complexity index is 954. The zero-order chi connectivity index (χ0) is 20.8. The van der Waals surface area contributed by atoms with E-state index in [1.165, 1.54) is 16.4 Å². The predicted octanol–water partition coefficient (Wildman–Crippen LogP) is 2.14. The first-order chi connectivity index (χ1) is 14.0. The van der Waals surface area contributed by atoms with E-state index in [-0.39, 0.29) is 11.7 Å². The van der Waals surface area contributed by atoms with Gasteiger partial charge in [-0.3, -0.25) is 4.79 Å². The summed E-state index contributed by atoms with van der Waals surface area (Å²) >= 11 is 1.24. The molecule has 0 aliphatic heterocycles. The van der Waals surface area contributed by atoms with Crippen molar-refractivity contribution in [1.82, 2.24) is 20.2 Å². The van der Waals surface area contributed by atoms with Crippen molar-refractivity contribution >= 4 is 23.4 Å². The topological polar surface area (TPSA) is 98.3 Å². The fraction of sp³-hybridized carbons (Fsp3) is 0.250. The van der Waals surface area contributed by atoms with Crippen LogP contribution in [0.4, 0.5) is 5.69 Å². The van der Waals surface area contributed by atoms with Crippen molar-refractivity contribution in [3.8, 4) is 17.1 Å². The van der Waals surface area contributed by atoms with E-state index >= 15 is 0 Å². The molecule has 0 fully saturated rings. The number of ether oxygens (including phenoxy) is 1. The molecule has 0 aliphatic rings. The van der Waals surface area contributed by atoms with Gasteiger partial charge in [-0.2, -0.15) is 0 Å². The number of nitrogen functional groups attached to an aromatic ring is 1. The van der Waals surface area contributed by atoms with Crippen LogP contribution in [-0.2, 0) is 11.3 Å². The highest BCUT2D eigenvalue weighted by Gasteiger charge is 2.14. The first-order valence-electron chi connectivity index (χ1n) is 8.98. The van der Waals surface area contributed by atoms with Gasteiger partial charge in [-0.25, -0.2) is 4.68 Å². The number of nitrogens with one attached hydrogen (secondary N) is 1. The quantitative estimate of drug-likeness (QED) is 0.432. The molecule has 3 aromatic rings. The van der Waals surface area contributed by atoms with Crippen LogP contribution >= 0.6 is 11.8 Å². The normalized spacial score (nSPS) is 10.6. The minimum absolute atomic E-state index is 0.0966. The molecular weight excluding hydrogens is 388 g/mol. The number of carbonyl (C=O) groups is 1. The van der Waals surface area contributed by atoms with Crippen molar-refractivity contribution < 1.29 is 9.53 Å². The average Bonchev–Trinajstić information content (AvgIpc) is 3.11. The van der Waals surface area contributed by atoms with Gasteiger partial charge in [-0.1, -0.05) is 23.9 Å². The molecule has 0 saturated carbocycles. The Hall–Kier alpha value is -3.20. The van der Waals surface area contributed by atoms with Gasteiger partial charge in [-0.05, 0) is 42.0 Å². The second-order valence-corrected chi connectivity index (χ2v) is 7.47. The van der Waals surface area contributed by atoms with Crippen LogP contribution in [0.15, 0.2) is 53.7 Å². The molecule has 0 radical (unpaired) electrons. The van der Waals surface area contributed by atoms with Gasteiger partial charge in [0.1, 0.15) is 5.75 Å². The Morgan fingerprint density at radius 3 is 2.45 bits per heavy atom. The van der Waals surface area contributed by atoms with E-state index in [9.17, 15) is 4.79 Å². The van der Waals surface area contributed by atoms with Crippen LogP contribution in [0.1, 0.15) is 5.56 Å². The highest BCUT2D eigenvalue weighted by atomic mass is 32.2. The lowest BCUT2D eigenvalue weighted by Gasteiger charge is -2.12. The zero-order valence-corrected chi connectivity index (χ0v) is 17.4. The van der Waals surface area contributed by atoms with Crippen LogP contribution in [0.25, 0.3) is 11.4 Å². The van der Waals surface area contributed by atoms with Gasteiger partial charge in [0.05, 0.1) is 12.9 Å². The Kier molecular flexibility index (Phi) is 6.61. The van der Waals surface area contributed by atoms with Crippen molar-refractivity contribution in [2.75, 3.05) is 37.7 Å². The summed E-state index contributed by atoms with van der Waals surface area (Å²) in [5, 5.41) is 11.6. The number of methoxy groups -OCH3 is 1. The Labute approximate surface area is 174 Å². The maximum Gasteiger partial charge on any atom is 0.230 e. The number of nitrogens with two attached hydrogens (primary N) is 1. The molecule has 29 heavy (non-hydrogen) atoms. The summed E-state index contributed by atoms with van der Waals surface area (Å²) in [5.74, 6) is 7.48. The van der Waals surface area contributed by atoms with Crippen molar-refractivity contribution in [1.29, 1.82) is 0 Å². The predicted molar refractivity (Wildman–Crippen MR) is 116 cm³/mol. The average molecular weight is 413 g/mol. The van der Waals surface area contributed by atoms with Crippen LogP contribution < -0.4 is 20.8 Å². The Balaban J connectivity index is 1.53. The summed E-state index contributed by atoms with van der Waals surface area (Å²) in [6.45, 7) is 0.472. The molecule has 3 N–H and O–H groups in total. The highest BCUT2D eigenvalue weighted by Crippen LogP contribution is 2.23. The van der Waals surface area contributed by atoms with E-state index in [1.54, 1.807) is 7.11 Å². The zero-order valence-electron chi connectivity index (χ0n) is 16.6. The van der Waals surface area contributed by atoms with Crippen molar-refractivity contribution in [3.63, 3.8) is 0 Å². The molecule has 0 unspecified atom stereocenters. The fourth-order valence-electron chi connectivity index (χ4n) is 2.61. The van der Waals surface area contributed by atoms with Crippen molar-refractivity contribution in [2.45, 2.75) is 11.7 Å². The number of aromatic nitrogens is 3. The number of nitrogens with zero attached hydrogens (tertiary/aromatic N) is 4. The van der Waals surface area contributed by atoms with Gasteiger partial charge in [0.2, 0.25) is 11.1 Å². The van der Waals surface area contributed by atoms with Gasteiger partial charge in [0.15, 0.2) is 5.82 Å². The van der Waals surface area contributed by atoms with Crippen LogP contribution in [0, 0.1) is 0 Å². The SMILES string of the molecule is COc1ccc(-c2nnc(SCC(=O)NCc3ccc(N(C)C)cc3)n2N)cc1. The van der Waals surface area contributed by atoms with Gasteiger partial charge in [-0.15, -0.1) is 10.2 Å². The van der Waals surface area contributed by atoms with Crippen LogP contribution in [0.5, 0.6) is 5.75 Å². The third kappa shape index (κ3) is 5.20. The molecule has 1 heterocycles. The Morgan fingerprint density at radius 1 is 1.14 bits per heavy atom. The van der Waals surface area contributed by atoms with Crippen molar-refractivity contribution in [3.05, 3.63) is 54.1 Å². The summed E-state index contributed by atoms with van der Waals surface area (Å²) in [6, 6.07) is 15.4. The molecule has 0 aliphatic carbocycles. The summed E-state index contributed by atoms with van der Waals surface area (Å²) in [4.78, 5) is 14.2. The lowest BCUT2D eigenvalue weighted by atomic mass is 10.2. The molecule has 2 aromatic carbocycles. The first kappa shape index (κ1) is 20.5. The molecule has 1 aromatic heterocycles. The largest absolute Gasteiger partial charge is 0.497 e. The second-order valence-electron chi connectivity index (χ2n) is 6.53. The van der Waals surface area contributed by atoms with Crippen LogP contribution in [-0.4, -0.2) is 47.7 Å². The van der Waals surface area contributed by atoms with E-state index in [0.717, 1.165) is 22.6 Å². The van der Waals surface area contributed by atoms with Gasteiger partial charge in [0, 0.05) is 31.9 Å². The monoisotopic (exact) mass is 412 g/mol. The molecule has 1 amide bonds. The van der Waals surface area contributed by atoms with E-state index in [1.807, 2.05) is 67.5 Å². The van der Waals surface area contributed by atoms with Crippen LogP contribution in [0.3, 0.4) is 0 Å². The molecule has 3 rings (SSSR count). The molecule has 0 atom stereocenters. The van der Waals surface area contributed by atoms with E-state index in [4.69, 9.17) is 10.6 Å². The van der Waals surface area contributed by atoms with Gasteiger partial charge in [0.25, 0.3) is 0 Å². The van der Waals surface area contributed by atoms with Gasteiger partial charge >= 0.3 is 0 Å². The summed E-state index contributed by atoms with van der Waals surface area (Å²) in [6.07, 6.45) is 0. The first-order valence-corrected chi connectivity index (χ1v) is 9.97. The number of benzene rings is 2. The highest BCUT2D eigenvalue weighted by molar-refractivity contribution is 7.99. The van der Waals surface area contributed by atoms with Crippen molar-refractivity contribution in [2.24, 2.45) is 0 Å². The number of hydrogen-bond acceptors (Lipinski definition) is 7. The number of hydrogen-bond donors (Lipinski definition) is 2. The molecule has 0 saturated heterocycles. The number of carbonyl (C=O) groups excluding carboxylic acids is 1. The molecule has 152 valence electrons. The molecule has 9 heteroatoms. The maximum absolute atomic E-state index is 12.2. The van der Waals surface area contributed by atoms with E-state index in [0.29, 0.717) is 17.5 Å². The summed E-state index contributed by atoms with van der Waals surface area (Å²) < 4.78 is 6.54. The third-order valence-corrected chi connectivity index (χ3v) is 5.23. The van der Waals surface area contributed by atoms with E-state index in [2.05, 4.69) is 15.5 Å². The third-order valence-electron chi connectivity index (χ3n) is 4.29. The summed E-state index contributed by atoms with van der Waals surface area (Å²) in [7, 11) is 5.59. The maximum atomic E-state index is 12.2. The van der Waals surface area contributed by atoms with E-state index < -0.39 is 0 Å². The van der Waals surface area contributed by atoms with Gasteiger partial charge < -0.3 is 20.8 Å². The molecule has 8 nitrogen and oxygen atoms in total.